The Hall–Kier alpha value is -0.0400. The van der Waals surface area contributed by atoms with Crippen molar-refractivity contribution in [2.24, 2.45) is 0 Å². The first-order valence-corrected chi connectivity index (χ1v) is 4.09. The van der Waals surface area contributed by atoms with Crippen molar-refractivity contribution in [2.45, 2.75) is 51.6 Å². The second kappa shape index (κ2) is 3.21. The van der Waals surface area contributed by atoms with E-state index in [1.807, 2.05) is 0 Å². The summed E-state index contributed by atoms with van der Waals surface area (Å²) in [5.41, 5.74) is 0. The van der Waals surface area contributed by atoms with Gasteiger partial charge in [0.05, 0.1) is 0 Å². The van der Waals surface area contributed by atoms with Crippen molar-refractivity contribution in [2.75, 3.05) is 0 Å². The van der Waals surface area contributed by atoms with Crippen molar-refractivity contribution in [1.29, 1.82) is 0 Å². The summed E-state index contributed by atoms with van der Waals surface area (Å²) in [6, 6.07) is 1.58. The highest BCUT2D eigenvalue weighted by atomic mass is 14.9. The lowest BCUT2D eigenvalue weighted by molar-refractivity contribution is 0.329. The van der Waals surface area contributed by atoms with Gasteiger partial charge in [0.2, 0.25) is 0 Å². The molecule has 1 nitrogen and oxygen atoms in total. The summed E-state index contributed by atoms with van der Waals surface area (Å²) in [7, 11) is 0. The molecule has 0 aromatic heterocycles. The van der Waals surface area contributed by atoms with Crippen LogP contribution < -0.4 is 5.32 Å². The molecule has 1 heterocycles. The third-order valence-electron chi connectivity index (χ3n) is 2.20. The van der Waals surface area contributed by atoms with Crippen LogP contribution in [0, 0.1) is 0 Å². The van der Waals surface area contributed by atoms with Crippen molar-refractivity contribution < 1.29 is 0 Å². The van der Waals surface area contributed by atoms with Gasteiger partial charge in [0.15, 0.2) is 0 Å². The van der Waals surface area contributed by atoms with Gasteiger partial charge in [0.1, 0.15) is 0 Å². The van der Waals surface area contributed by atoms with Gasteiger partial charge < -0.3 is 5.32 Å². The van der Waals surface area contributed by atoms with Crippen LogP contribution in [0.25, 0.3) is 0 Å². The Balaban J connectivity index is 2.23. The summed E-state index contributed by atoms with van der Waals surface area (Å²) in [5.74, 6) is 0. The third-order valence-corrected chi connectivity index (χ3v) is 2.20. The fourth-order valence-electron chi connectivity index (χ4n) is 1.56. The molecule has 1 fully saturated rings. The van der Waals surface area contributed by atoms with Crippen LogP contribution in [0.4, 0.5) is 0 Å². The molecule has 2 atom stereocenters. The minimum atomic E-state index is 0.767. The number of hydrogen-bond donors (Lipinski definition) is 1. The lowest BCUT2D eigenvalue weighted by atomic mass is 9.98. The quantitative estimate of drug-likeness (QED) is 0.567. The van der Waals surface area contributed by atoms with E-state index in [1.54, 1.807) is 0 Å². The van der Waals surface area contributed by atoms with Gasteiger partial charge >= 0.3 is 0 Å². The first kappa shape index (κ1) is 7.07. The van der Waals surface area contributed by atoms with Crippen LogP contribution in [0.3, 0.4) is 0 Å². The largest absolute Gasteiger partial charge is 0.312 e. The molecular formula is C8H17N. The Morgan fingerprint density at radius 3 is 2.67 bits per heavy atom. The van der Waals surface area contributed by atoms with E-state index in [0.717, 1.165) is 12.1 Å². The fourth-order valence-corrected chi connectivity index (χ4v) is 1.56. The van der Waals surface area contributed by atoms with Crippen LogP contribution in [0.15, 0.2) is 0 Å². The van der Waals surface area contributed by atoms with Gasteiger partial charge in [-0.15, -0.1) is 0 Å². The summed E-state index contributed by atoms with van der Waals surface area (Å²) in [5, 5.41) is 3.57. The first-order chi connectivity index (χ1) is 4.33. The Bertz CT molecular complexity index is 80.6. The average Bonchev–Trinajstić information content (AvgIpc) is 1.88. The molecule has 1 aliphatic heterocycles. The maximum Gasteiger partial charge on any atom is 0.00669 e. The summed E-state index contributed by atoms with van der Waals surface area (Å²) in [6.07, 6.45) is 5.48. The molecule has 54 valence electrons. The Morgan fingerprint density at radius 2 is 2.22 bits per heavy atom. The van der Waals surface area contributed by atoms with E-state index in [1.165, 1.54) is 25.7 Å². The molecule has 9 heavy (non-hydrogen) atoms. The molecule has 0 spiro atoms. The monoisotopic (exact) mass is 127 g/mol. The van der Waals surface area contributed by atoms with E-state index < -0.39 is 0 Å². The standard InChI is InChI=1S/C8H17N/c1-3-8-6-4-5-7(2)9-8/h7-9H,3-6H2,1-2H3. The maximum atomic E-state index is 3.57. The molecule has 1 rings (SSSR count). The highest BCUT2D eigenvalue weighted by molar-refractivity contribution is 4.75. The van der Waals surface area contributed by atoms with Crippen molar-refractivity contribution in [3.63, 3.8) is 0 Å². The van der Waals surface area contributed by atoms with E-state index in [-0.39, 0.29) is 0 Å². The summed E-state index contributed by atoms with van der Waals surface area (Å²) in [4.78, 5) is 0. The fraction of sp³-hybridized carbons (Fsp3) is 1.00. The zero-order chi connectivity index (χ0) is 6.69. The van der Waals surface area contributed by atoms with E-state index in [2.05, 4.69) is 19.2 Å². The highest BCUT2D eigenvalue weighted by Gasteiger charge is 2.14. The minimum absolute atomic E-state index is 0.767. The Morgan fingerprint density at radius 1 is 1.44 bits per heavy atom. The topological polar surface area (TPSA) is 12.0 Å². The third kappa shape index (κ3) is 1.98. The SMILES string of the molecule is CCC1CCCC(C)N1. The Labute approximate surface area is 57.8 Å². The molecule has 1 aliphatic rings. The molecule has 1 heteroatoms. The first-order valence-electron chi connectivity index (χ1n) is 4.09. The summed E-state index contributed by atoms with van der Waals surface area (Å²) < 4.78 is 0. The van der Waals surface area contributed by atoms with Crippen molar-refractivity contribution >= 4 is 0 Å². The summed E-state index contributed by atoms with van der Waals surface area (Å²) in [6.45, 7) is 4.54. The molecule has 0 aliphatic carbocycles. The molecule has 0 aromatic rings. The van der Waals surface area contributed by atoms with Gasteiger partial charge in [-0.05, 0) is 26.2 Å². The van der Waals surface area contributed by atoms with Gasteiger partial charge in [-0.25, -0.2) is 0 Å². The average molecular weight is 127 g/mol. The molecule has 1 saturated heterocycles. The van der Waals surface area contributed by atoms with Crippen molar-refractivity contribution in [1.82, 2.24) is 5.32 Å². The van der Waals surface area contributed by atoms with E-state index >= 15 is 0 Å². The van der Waals surface area contributed by atoms with Crippen LogP contribution in [-0.4, -0.2) is 12.1 Å². The molecule has 0 bridgehead atoms. The van der Waals surface area contributed by atoms with E-state index in [0.29, 0.717) is 0 Å². The molecule has 1 N–H and O–H groups in total. The second-order valence-electron chi connectivity index (χ2n) is 3.10. The van der Waals surface area contributed by atoms with E-state index in [9.17, 15) is 0 Å². The predicted octanol–water partition coefficient (Wildman–Crippen LogP) is 1.93. The van der Waals surface area contributed by atoms with Crippen molar-refractivity contribution in [3.05, 3.63) is 0 Å². The molecule has 0 amide bonds. The zero-order valence-corrected chi connectivity index (χ0v) is 6.48. The van der Waals surface area contributed by atoms with Crippen molar-refractivity contribution in [3.8, 4) is 0 Å². The number of rotatable bonds is 1. The molecule has 0 radical (unpaired) electrons. The normalized spacial score (nSPS) is 36.7. The van der Waals surface area contributed by atoms with Gasteiger partial charge in [-0.1, -0.05) is 13.3 Å². The summed E-state index contributed by atoms with van der Waals surface area (Å²) >= 11 is 0. The minimum Gasteiger partial charge on any atom is -0.312 e. The number of nitrogens with one attached hydrogen (secondary N) is 1. The molecule has 0 saturated carbocycles. The van der Waals surface area contributed by atoms with Crippen LogP contribution >= 0.6 is 0 Å². The number of piperidine rings is 1. The lowest BCUT2D eigenvalue weighted by Crippen LogP contribution is -2.39. The molecular weight excluding hydrogens is 110 g/mol. The van der Waals surface area contributed by atoms with Crippen LogP contribution in [0.1, 0.15) is 39.5 Å². The zero-order valence-electron chi connectivity index (χ0n) is 6.48. The van der Waals surface area contributed by atoms with Crippen LogP contribution in [0.5, 0.6) is 0 Å². The Kier molecular flexibility index (Phi) is 2.52. The number of hydrogen-bond acceptors (Lipinski definition) is 1. The predicted molar refractivity (Wildman–Crippen MR) is 40.5 cm³/mol. The molecule has 2 unspecified atom stereocenters. The van der Waals surface area contributed by atoms with Crippen LogP contribution in [-0.2, 0) is 0 Å². The van der Waals surface area contributed by atoms with Gasteiger partial charge in [-0.3, -0.25) is 0 Å². The highest BCUT2D eigenvalue weighted by Crippen LogP contribution is 2.13. The van der Waals surface area contributed by atoms with E-state index in [4.69, 9.17) is 0 Å². The second-order valence-corrected chi connectivity index (χ2v) is 3.10. The molecule has 0 aromatic carbocycles. The van der Waals surface area contributed by atoms with Crippen LogP contribution in [0.2, 0.25) is 0 Å². The van der Waals surface area contributed by atoms with Gasteiger partial charge in [0, 0.05) is 12.1 Å². The lowest BCUT2D eigenvalue weighted by Gasteiger charge is -2.27. The maximum absolute atomic E-state index is 3.57. The van der Waals surface area contributed by atoms with Gasteiger partial charge in [0.25, 0.3) is 0 Å². The smallest absolute Gasteiger partial charge is 0.00669 e. The van der Waals surface area contributed by atoms with Gasteiger partial charge in [-0.2, -0.15) is 0 Å².